The Bertz CT molecular complexity index is 2410. The molecule has 1 aliphatic carbocycles. The number of rotatable bonds is 2. The maximum Gasteiger partial charge on any atom is 0.160 e. The first kappa shape index (κ1) is 23.7. The van der Waals surface area contributed by atoms with Gasteiger partial charge in [0.2, 0.25) is 0 Å². The predicted octanol–water partition coefficient (Wildman–Crippen LogP) is 8.98. The Balaban J connectivity index is 1.30. The van der Waals surface area contributed by atoms with E-state index in [2.05, 4.69) is 138 Å². The second-order valence-electron chi connectivity index (χ2n) is 11.6. The van der Waals surface area contributed by atoms with Gasteiger partial charge in [-0.3, -0.25) is 4.57 Å². The highest BCUT2D eigenvalue weighted by Gasteiger charge is 2.54. The van der Waals surface area contributed by atoms with Crippen LogP contribution in [0.1, 0.15) is 22.5 Å². The molecule has 0 saturated heterocycles. The van der Waals surface area contributed by atoms with Crippen LogP contribution >= 0.6 is 0 Å². The number of benzene rings is 6. The SMILES string of the molecule is c1ccc(-c2nc(-c3ccc4c(c3)C3(c5ccccc5-c5ccccc53)c3nc5ccccc5n3-4)nc3ccccc23)cc1. The molecule has 0 unspecified atom stereocenters. The van der Waals surface area contributed by atoms with E-state index in [1.165, 1.54) is 27.8 Å². The lowest BCUT2D eigenvalue weighted by Crippen LogP contribution is -2.27. The molecule has 2 aliphatic rings. The third kappa shape index (κ3) is 2.94. The van der Waals surface area contributed by atoms with Crippen molar-refractivity contribution in [3.63, 3.8) is 0 Å². The summed E-state index contributed by atoms with van der Waals surface area (Å²) >= 11 is 0. The molecular weight excluding hydrogens is 536 g/mol. The highest BCUT2D eigenvalue weighted by atomic mass is 15.1. The van der Waals surface area contributed by atoms with Gasteiger partial charge in [0.25, 0.3) is 0 Å². The molecule has 1 aliphatic heterocycles. The standard InChI is InChI=1S/C40H24N4/c1-2-12-25(13-3-1)37-29-16-6-9-19-33(29)41-38(43-37)26-22-23-35-32(24-26)40(39-42-34-20-10-11-21-36(34)44(35)39)30-17-7-4-14-27(30)28-15-5-8-18-31(28)40/h1-24H. The fourth-order valence-corrected chi connectivity index (χ4v) is 7.60. The molecular formula is C40H24N4. The summed E-state index contributed by atoms with van der Waals surface area (Å²) < 4.78 is 2.37. The van der Waals surface area contributed by atoms with E-state index in [4.69, 9.17) is 15.0 Å². The van der Waals surface area contributed by atoms with Crippen molar-refractivity contribution in [1.82, 2.24) is 19.5 Å². The number of hydrogen-bond acceptors (Lipinski definition) is 3. The van der Waals surface area contributed by atoms with Gasteiger partial charge in [-0.15, -0.1) is 0 Å². The van der Waals surface area contributed by atoms with E-state index in [0.717, 1.165) is 56.1 Å². The second kappa shape index (κ2) is 8.59. The second-order valence-corrected chi connectivity index (χ2v) is 11.6. The van der Waals surface area contributed by atoms with Crippen molar-refractivity contribution in [3.05, 3.63) is 168 Å². The molecule has 4 heteroatoms. The van der Waals surface area contributed by atoms with E-state index in [0.29, 0.717) is 0 Å². The Labute approximate surface area is 254 Å². The van der Waals surface area contributed by atoms with Crippen LogP contribution in [-0.4, -0.2) is 19.5 Å². The molecule has 0 saturated carbocycles. The van der Waals surface area contributed by atoms with Gasteiger partial charge in [-0.25, -0.2) is 15.0 Å². The molecule has 8 aromatic rings. The number of para-hydroxylation sites is 3. The highest BCUT2D eigenvalue weighted by molar-refractivity contribution is 5.95. The quantitative estimate of drug-likeness (QED) is 0.212. The van der Waals surface area contributed by atoms with Gasteiger partial charge in [0.1, 0.15) is 11.2 Å². The van der Waals surface area contributed by atoms with Crippen LogP contribution in [0.5, 0.6) is 0 Å². The van der Waals surface area contributed by atoms with Crippen molar-refractivity contribution >= 4 is 21.9 Å². The molecule has 10 rings (SSSR count). The third-order valence-electron chi connectivity index (χ3n) is 9.40. The van der Waals surface area contributed by atoms with Gasteiger partial charge >= 0.3 is 0 Å². The molecule has 0 fully saturated rings. The van der Waals surface area contributed by atoms with E-state index in [1.807, 2.05) is 12.1 Å². The molecule has 1 spiro atoms. The van der Waals surface area contributed by atoms with Gasteiger partial charge in [-0.2, -0.15) is 0 Å². The van der Waals surface area contributed by atoms with Gasteiger partial charge in [-0.1, -0.05) is 109 Å². The van der Waals surface area contributed by atoms with Crippen LogP contribution < -0.4 is 0 Å². The van der Waals surface area contributed by atoms with Crippen molar-refractivity contribution < 1.29 is 0 Å². The lowest BCUT2D eigenvalue weighted by atomic mass is 9.72. The summed E-state index contributed by atoms with van der Waals surface area (Å²) in [6.07, 6.45) is 0. The van der Waals surface area contributed by atoms with Gasteiger partial charge < -0.3 is 0 Å². The molecule has 0 radical (unpaired) electrons. The average molecular weight is 561 g/mol. The predicted molar refractivity (Wildman–Crippen MR) is 176 cm³/mol. The lowest BCUT2D eigenvalue weighted by Gasteiger charge is -2.27. The largest absolute Gasteiger partial charge is 0.295 e. The molecule has 0 bridgehead atoms. The zero-order valence-electron chi connectivity index (χ0n) is 23.6. The Morgan fingerprint density at radius 1 is 0.477 bits per heavy atom. The van der Waals surface area contributed by atoms with E-state index in [-0.39, 0.29) is 0 Å². The Hall–Kier alpha value is -5.87. The Morgan fingerprint density at radius 3 is 1.93 bits per heavy atom. The van der Waals surface area contributed by atoms with Crippen molar-refractivity contribution in [1.29, 1.82) is 0 Å². The smallest absolute Gasteiger partial charge is 0.160 e. The summed E-state index contributed by atoms with van der Waals surface area (Å²) in [5.74, 6) is 1.75. The van der Waals surface area contributed by atoms with Gasteiger partial charge in [-0.05, 0) is 64.2 Å². The summed E-state index contributed by atoms with van der Waals surface area (Å²) in [7, 11) is 0. The average Bonchev–Trinajstić information content (AvgIpc) is 3.71. The first-order valence-electron chi connectivity index (χ1n) is 15.0. The summed E-state index contributed by atoms with van der Waals surface area (Å²) in [6, 6.07) is 51.5. The minimum absolute atomic E-state index is 0.559. The molecule has 44 heavy (non-hydrogen) atoms. The zero-order valence-corrected chi connectivity index (χ0v) is 23.6. The fourth-order valence-electron chi connectivity index (χ4n) is 7.60. The lowest BCUT2D eigenvalue weighted by molar-refractivity contribution is 0.738. The molecule has 4 nitrogen and oxygen atoms in total. The molecule has 2 aromatic heterocycles. The Morgan fingerprint density at radius 2 is 1.14 bits per heavy atom. The first-order chi connectivity index (χ1) is 21.8. The van der Waals surface area contributed by atoms with Crippen LogP contribution in [0.2, 0.25) is 0 Å². The molecule has 6 aromatic carbocycles. The molecule has 0 N–H and O–H groups in total. The maximum absolute atomic E-state index is 5.37. The zero-order chi connectivity index (χ0) is 28.8. The van der Waals surface area contributed by atoms with Crippen LogP contribution in [0, 0.1) is 0 Å². The number of imidazole rings is 1. The van der Waals surface area contributed by atoms with Crippen molar-refractivity contribution in [3.8, 4) is 39.5 Å². The minimum Gasteiger partial charge on any atom is -0.295 e. The van der Waals surface area contributed by atoms with Crippen molar-refractivity contribution in [2.75, 3.05) is 0 Å². The van der Waals surface area contributed by atoms with E-state index < -0.39 is 5.41 Å². The number of hydrogen-bond donors (Lipinski definition) is 0. The van der Waals surface area contributed by atoms with Crippen molar-refractivity contribution in [2.24, 2.45) is 0 Å². The normalized spacial score (nSPS) is 13.6. The van der Waals surface area contributed by atoms with E-state index >= 15 is 0 Å². The van der Waals surface area contributed by atoms with Crippen LogP contribution in [0.3, 0.4) is 0 Å². The third-order valence-corrected chi connectivity index (χ3v) is 9.40. The summed E-state index contributed by atoms with van der Waals surface area (Å²) in [4.78, 5) is 15.7. The van der Waals surface area contributed by atoms with Crippen molar-refractivity contribution in [2.45, 2.75) is 5.41 Å². The van der Waals surface area contributed by atoms with Crippen LogP contribution in [-0.2, 0) is 5.41 Å². The number of aromatic nitrogens is 4. The minimum atomic E-state index is -0.559. The van der Waals surface area contributed by atoms with Crippen LogP contribution in [0.4, 0.5) is 0 Å². The van der Waals surface area contributed by atoms with Crippen LogP contribution in [0.15, 0.2) is 146 Å². The molecule has 0 amide bonds. The number of fused-ring (bicyclic) bond motifs is 13. The monoisotopic (exact) mass is 560 g/mol. The Kier molecular flexibility index (Phi) is 4.62. The van der Waals surface area contributed by atoms with E-state index in [1.54, 1.807) is 0 Å². The molecule has 204 valence electrons. The summed E-state index contributed by atoms with van der Waals surface area (Å²) in [6.45, 7) is 0. The summed E-state index contributed by atoms with van der Waals surface area (Å²) in [5.41, 5.74) is 12.9. The first-order valence-corrected chi connectivity index (χ1v) is 15.0. The molecule has 3 heterocycles. The summed E-state index contributed by atoms with van der Waals surface area (Å²) in [5, 5.41) is 1.05. The maximum atomic E-state index is 5.37. The fraction of sp³-hybridized carbons (Fsp3) is 0.0250. The van der Waals surface area contributed by atoms with Crippen LogP contribution in [0.25, 0.3) is 61.4 Å². The topological polar surface area (TPSA) is 43.6 Å². The highest BCUT2D eigenvalue weighted by Crippen LogP contribution is 2.60. The van der Waals surface area contributed by atoms with Gasteiger partial charge in [0.15, 0.2) is 5.82 Å². The van der Waals surface area contributed by atoms with E-state index in [9.17, 15) is 0 Å². The van der Waals surface area contributed by atoms with Gasteiger partial charge in [0, 0.05) is 16.5 Å². The number of nitrogens with zero attached hydrogens (tertiary/aromatic N) is 4. The van der Waals surface area contributed by atoms with Gasteiger partial charge in [0.05, 0.1) is 27.9 Å². The molecule has 0 atom stereocenters.